The zero-order valence-electron chi connectivity index (χ0n) is 20.7. The number of esters is 1. The van der Waals surface area contributed by atoms with Crippen molar-refractivity contribution in [3.63, 3.8) is 0 Å². The van der Waals surface area contributed by atoms with Crippen molar-refractivity contribution in [3.05, 3.63) is 29.3 Å². The summed E-state index contributed by atoms with van der Waals surface area (Å²) < 4.78 is 50.3. The molecule has 1 amide bonds. The van der Waals surface area contributed by atoms with Crippen LogP contribution < -0.4 is 4.74 Å². The molecule has 0 N–H and O–H groups in total. The third-order valence-corrected chi connectivity index (χ3v) is 8.28. The molecule has 3 aliphatic rings. The normalized spacial score (nSPS) is 27.8. The van der Waals surface area contributed by atoms with Crippen molar-refractivity contribution in [3.8, 4) is 5.75 Å². The molecule has 0 bridgehead atoms. The lowest BCUT2D eigenvalue weighted by Crippen LogP contribution is -2.49. The van der Waals surface area contributed by atoms with E-state index in [1.54, 1.807) is 4.90 Å². The average Bonchev–Trinajstić information content (AvgIpc) is 3.15. The van der Waals surface area contributed by atoms with Gasteiger partial charge in [0.25, 0.3) is 0 Å². The highest BCUT2D eigenvalue weighted by Crippen LogP contribution is 2.48. The van der Waals surface area contributed by atoms with Gasteiger partial charge in [0.05, 0.1) is 30.6 Å². The highest BCUT2D eigenvalue weighted by molar-refractivity contribution is 5.83. The first-order valence-corrected chi connectivity index (χ1v) is 12.5. The van der Waals surface area contributed by atoms with Crippen LogP contribution in [0.2, 0.25) is 0 Å². The number of alkyl halides is 3. The SMILES string of the molecule is COC(=O)[C@H]1CCCN([C@@H]2CC[C@@](C(=O)N3COc4ccc(C(F)(F)F)cc4C3)(C(C)C)C2)CC1. The van der Waals surface area contributed by atoms with E-state index in [1.807, 2.05) is 0 Å². The number of hydrogen-bond donors (Lipinski definition) is 0. The zero-order chi connectivity index (χ0) is 25.4. The highest BCUT2D eigenvalue weighted by Gasteiger charge is 2.51. The molecular weight excluding hydrogens is 461 g/mol. The van der Waals surface area contributed by atoms with Crippen molar-refractivity contribution in [1.82, 2.24) is 9.80 Å². The summed E-state index contributed by atoms with van der Waals surface area (Å²) in [5.41, 5.74) is -0.935. The number of carbonyl (C=O) groups excluding carboxylic acids is 2. The van der Waals surface area contributed by atoms with Crippen molar-refractivity contribution in [2.45, 2.75) is 71.1 Å². The van der Waals surface area contributed by atoms with Crippen LogP contribution in [0.1, 0.15) is 63.5 Å². The Bertz CT molecular complexity index is 951. The van der Waals surface area contributed by atoms with E-state index in [1.165, 1.54) is 13.2 Å². The van der Waals surface area contributed by atoms with Crippen molar-refractivity contribution < 1.29 is 32.2 Å². The third kappa shape index (κ3) is 5.15. The van der Waals surface area contributed by atoms with E-state index >= 15 is 0 Å². The summed E-state index contributed by atoms with van der Waals surface area (Å²) in [6.45, 7) is 5.95. The van der Waals surface area contributed by atoms with E-state index in [9.17, 15) is 22.8 Å². The molecule has 0 radical (unpaired) electrons. The van der Waals surface area contributed by atoms with Gasteiger partial charge in [-0.3, -0.25) is 9.59 Å². The summed E-state index contributed by atoms with van der Waals surface area (Å²) in [4.78, 5) is 29.9. The number of methoxy groups -OCH3 is 1. The summed E-state index contributed by atoms with van der Waals surface area (Å²) in [5.74, 6) is 0.215. The van der Waals surface area contributed by atoms with E-state index in [-0.39, 0.29) is 43.0 Å². The van der Waals surface area contributed by atoms with Gasteiger partial charge in [0, 0.05) is 11.6 Å². The van der Waals surface area contributed by atoms with Crippen molar-refractivity contribution >= 4 is 11.9 Å². The van der Waals surface area contributed by atoms with Crippen LogP contribution in [0.4, 0.5) is 13.2 Å². The predicted molar refractivity (Wildman–Crippen MR) is 123 cm³/mol. The van der Waals surface area contributed by atoms with E-state index in [0.717, 1.165) is 57.3 Å². The first-order chi connectivity index (χ1) is 16.5. The van der Waals surface area contributed by atoms with Crippen molar-refractivity contribution in [2.24, 2.45) is 17.3 Å². The first kappa shape index (κ1) is 25.8. The molecule has 2 fully saturated rings. The fourth-order valence-corrected chi connectivity index (χ4v) is 6.08. The second kappa shape index (κ2) is 9.99. The smallest absolute Gasteiger partial charge is 0.416 e. The van der Waals surface area contributed by atoms with Crippen molar-refractivity contribution in [1.29, 1.82) is 0 Å². The van der Waals surface area contributed by atoms with Crippen LogP contribution in [0.3, 0.4) is 0 Å². The first-order valence-electron chi connectivity index (χ1n) is 12.5. The number of carbonyl (C=O) groups is 2. The molecule has 1 saturated heterocycles. The van der Waals surface area contributed by atoms with Gasteiger partial charge in [-0.05, 0) is 75.7 Å². The molecule has 4 rings (SSSR count). The molecule has 1 aromatic rings. The molecule has 3 atom stereocenters. The van der Waals surface area contributed by atoms with Gasteiger partial charge in [-0.2, -0.15) is 13.2 Å². The van der Waals surface area contributed by atoms with Crippen molar-refractivity contribution in [2.75, 3.05) is 26.9 Å². The molecule has 1 aromatic carbocycles. The van der Waals surface area contributed by atoms with Crippen LogP contribution in [0.15, 0.2) is 18.2 Å². The molecule has 0 spiro atoms. The Hall–Kier alpha value is -2.29. The lowest BCUT2D eigenvalue weighted by molar-refractivity contribution is -0.150. The standard InChI is InChI=1S/C26H35F3N2O4/c1-17(2)25(10-8-21(14-25)30-11-4-5-18(9-12-30)23(32)34-3)24(33)31-15-19-13-20(26(27,28)29)6-7-22(19)35-16-31/h6-7,13,17-18,21H,4-5,8-12,14-16H2,1-3H3/t18-,21+,25-/m0/s1. The van der Waals surface area contributed by atoms with Gasteiger partial charge < -0.3 is 19.3 Å². The lowest BCUT2D eigenvalue weighted by atomic mass is 9.74. The van der Waals surface area contributed by atoms with Gasteiger partial charge >= 0.3 is 12.1 Å². The van der Waals surface area contributed by atoms with Gasteiger partial charge in [0.1, 0.15) is 5.75 Å². The largest absolute Gasteiger partial charge is 0.473 e. The van der Waals surface area contributed by atoms with E-state index in [0.29, 0.717) is 17.7 Å². The predicted octanol–water partition coefficient (Wildman–Crippen LogP) is 4.85. The number of amides is 1. The summed E-state index contributed by atoms with van der Waals surface area (Å²) in [7, 11) is 1.43. The zero-order valence-corrected chi connectivity index (χ0v) is 20.7. The maximum absolute atomic E-state index is 13.9. The maximum atomic E-state index is 13.9. The topological polar surface area (TPSA) is 59.1 Å². The Morgan fingerprint density at radius 3 is 2.63 bits per heavy atom. The molecule has 6 nitrogen and oxygen atoms in total. The number of ether oxygens (including phenoxy) is 2. The molecule has 1 aliphatic carbocycles. The molecule has 2 aliphatic heterocycles. The molecule has 0 aromatic heterocycles. The molecule has 9 heteroatoms. The van der Waals surface area contributed by atoms with Gasteiger partial charge in [0.2, 0.25) is 5.91 Å². The van der Waals surface area contributed by atoms with Crippen LogP contribution in [0, 0.1) is 17.3 Å². The number of rotatable bonds is 4. The second-order valence-corrected chi connectivity index (χ2v) is 10.5. The van der Waals surface area contributed by atoms with Crippen LogP contribution in [-0.2, 0) is 27.0 Å². The lowest BCUT2D eigenvalue weighted by Gasteiger charge is -2.40. The average molecular weight is 497 g/mol. The fraction of sp³-hybridized carbons (Fsp3) is 0.692. The molecule has 0 unspecified atom stereocenters. The number of halogens is 3. The van der Waals surface area contributed by atoms with E-state index < -0.39 is 17.2 Å². The van der Waals surface area contributed by atoms with Gasteiger partial charge in [0.15, 0.2) is 6.73 Å². The quantitative estimate of drug-likeness (QED) is 0.558. The Balaban J connectivity index is 1.47. The van der Waals surface area contributed by atoms with E-state index in [4.69, 9.17) is 9.47 Å². The van der Waals surface area contributed by atoms with Gasteiger partial charge in [-0.1, -0.05) is 13.8 Å². The number of likely N-dealkylation sites (tertiary alicyclic amines) is 1. The fourth-order valence-electron chi connectivity index (χ4n) is 6.08. The molecule has 2 heterocycles. The maximum Gasteiger partial charge on any atom is 0.416 e. The van der Waals surface area contributed by atoms with Gasteiger partial charge in [-0.25, -0.2) is 0 Å². The number of hydrogen-bond acceptors (Lipinski definition) is 5. The monoisotopic (exact) mass is 496 g/mol. The number of fused-ring (bicyclic) bond motifs is 1. The van der Waals surface area contributed by atoms with Crippen LogP contribution in [0.25, 0.3) is 0 Å². The minimum Gasteiger partial charge on any atom is -0.473 e. The van der Waals surface area contributed by atoms with Gasteiger partial charge in [-0.15, -0.1) is 0 Å². The second-order valence-electron chi connectivity index (χ2n) is 10.5. The Morgan fingerprint density at radius 2 is 1.94 bits per heavy atom. The summed E-state index contributed by atoms with van der Waals surface area (Å²) in [6.07, 6.45) is 0.362. The third-order valence-electron chi connectivity index (χ3n) is 8.28. The molecule has 194 valence electrons. The van der Waals surface area contributed by atoms with Crippen LogP contribution in [-0.4, -0.2) is 54.6 Å². The summed E-state index contributed by atoms with van der Waals surface area (Å²) in [6, 6.07) is 3.68. The van der Waals surface area contributed by atoms with Crippen LogP contribution >= 0.6 is 0 Å². The number of benzene rings is 1. The Morgan fingerprint density at radius 1 is 1.17 bits per heavy atom. The molecule has 1 saturated carbocycles. The number of nitrogens with zero attached hydrogens (tertiary/aromatic N) is 2. The summed E-state index contributed by atoms with van der Waals surface area (Å²) in [5, 5.41) is 0. The molecule has 35 heavy (non-hydrogen) atoms. The minimum atomic E-state index is -4.45. The summed E-state index contributed by atoms with van der Waals surface area (Å²) >= 11 is 0. The van der Waals surface area contributed by atoms with E-state index in [2.05, 4.69) is 18.7 Å². The Kier molecular flexibility index (Phi) is 7.36. The van der Waals surface area contributed by atoms with Crippen LogP contribution in [0.5, 0.6) is 5.75 Å². The molecular formula is C26H35F3N2O4. The minimum absolute atomic E-state index is 0.0414. The Labute approximate surface area is 204 Å². The highest BCUT2D eigenvalue weighted by atomic mass is 19.4.